The van der Waals surface area contributed by atoms with Gasteiger partial charge in [0.05, 0.1) is 12.7 Å². The summed E-state index contributed by atoms with van der Waals surface area (Å²) in [6, 6.07) is 5.68. The summed E-state index contributed by atoms with van der Waals surface area (Å²) in [5.41, 5.74) is 1.78. The molecule has 2 heterocycles. The number of likely N-dealkylation sites (tertiary alicyclic amines) is 1. The molecule has 146 valence electrons. The van der Waals surface area contributed by atoms with Crippen LogP contribution in [0.25, 0.3) is 0 Å². The molecule has 0 spiro atoms. The molecular weight excluding hydrogens is 462 g/mol. The second-order valence-electron chi connectivity index (χ2n) is 6.33. The van der Waals surface area contributed by atoms with Gasteiger partial charge in [-0.15, -0.1) is 24.0 Å². The smallest absolute Gasteiger partial charge is 0.243 e. The molecule has 1 aromatic carbocycles. The number of aliphatic imine (C=N–C) groups is 1. The number of guanidine groups is 1. The van der Waals surface area contributed by atoms with Gasteiger partial charge < -0.3 is 15.5 Å². The van der Waals surface area contributed by atoms with Gasteiger partial charge in [-0.2, -0.15) is 5.10 Å². The summed E-state index contributed by atoms with van der Waals surface area (Å²) >= 11 is 0. The lowest BCUT2D eigenvalue weighted by Crippen LogP contribution is -2.43. The summed E-state index contributed by atoms with van der Waals surface area (Å²) in [4.78, 5) is 18.5. The fourth-order valence-electron chi connectivity index (χ4n) is 3.11. The number of anilines is 1. The quantitative estimate of drug-likeness (QED) is 0.395. The number of nitrogens with one attached hydrogen (secondary N) is 2. The SMILES string of the molecule is CN=C(NCC(=O)Nc1ccc(F)cc1)N1CCC(c2cnn(C)c2)C1.I. The third-order valence-electron chi connectivity index (χ3n) is 4.43. The van der Waals surface area contributed by atoms with Crippen LogP contribution >= 0.6 is 24.0 Å². The standard InChI is InChI=1S/C18H23FN6O.HI/c1-20-18(21-10-17(26)23-16-5-3-15(19)4-6-16)25-8-7-13(12-25)14-9-22-24(2)11-14;/h3-6,9,11,13H,7-8,10,12H2,1-2H3,(H,20,21)(H,23,26);1H. The number of hydrogen-bond acceptors (Lipinski definition) is 3. The molecule has 1 saturated heterocycles. The highest BCUT2D eigenvalue weighted by molar-refractivity contribution is 14.0. The predicted octanol–water partition coefficient (Wildman–Crippen LogP) is 2.18. The van der Waals surface area contributed by atoms with Crippen LogP contribution in [0, 0.1) is 5.82 Å². The summed E-state index contributed by atoms with van der Waals surface area (Å²) in [6.07, 6.45) is 4.97. The molecule has 27 heavy (non-hydrogen) atoms. The zero-order valence-electron chi connectivity index (χ0n) is 15.4. The van der Waals surface area contributed by atoms with Crippen LogP contribution in [0.1, 0.15) is 17.9 Å². The van der Waals surface area contributed by atoms with E-state index in [2.05, 4.69) is 25.6 Å². The van der Waals surface area contributed by atoms with Crippen molar-refractivity contribution in [3.8, 4) is 0 Å². The first-order valence-electron chi connectivity index (χ1n) is 8.54. The van der Waals surface area contributed by atoms with E-state index >= 15 is 0 Å². The van der Waals surface area contributed by atoms with Gasteiger partial charge in [0.1, 0.15) is 5.82 Å². The summed E-state index contributed by atoms with van der Waals surface area (Å²) in [5, 5.41) is 10.0. The van der Waals surface area contributed by atoms with Crippen molar-refractivity contribution in [3.63, 3.8) is 0 Å². The zero-order chi connectivity index (χ0) is 18.5. The largest absolute Gasteiger partial charge is 0.347 e. The zero-order valence-corrected chi connectivity index (χ0v) is 17.7. The van der Waals surface area contributed by atoms with Crippen LogP contribution in [0.15, 0.2) is 41.7 Å². The highest BCUT2D eigenvalue weighted by Gasteiger charge is 2.27. The minimum absolute atomic E-state index is 0. The van der Waals surface area contributed by atoms with Crippen LogP contribution in [0.5, 0.6) is 0 Å². The van der Waals surface area contributed by atoms with E-state index < -0.39 is 0 Å². The molecule has 1 amide bonds. The molecule has 9 heteroatoms. The van der Waals surface area contributed by atoms with E-state index in [0.29, 0.717) is 17.6 Å². The number of halogens is 2. The Morgan fingerprint density at radius 3 is 2.74 bits per heavy atom. The maximum absolute atomic E-state index is 12.9. The van der Waals surface area contributed by atoms with Crippen molar-refractivity contribution in [2.45, 2.75) is 12.3 Å². The topological polar surface area (TPSA) is 74.6 Å². The van der Waals surface area contributed by atoms with Gasteiger partial charge in [0.15, 0.2) is 5.96 Å². The van der Waals surface area contributed by atoms with E-state index in [1.165, 1.54) is 29.8 Å². The van der Waals surface area contributed by atoms with Crippen molar-refractivity contribution in [3.05, 3.63) is 48.0 Å². The van der Waals surface area contributed by atoms with Crippen molar-refractivity contribution in [2.24, 2.45) is 12.0 Å². The number of aromatic nitrogens is 2. The van der Waals surface area contributed by atoms with Gasteiger partial charge in [0.2, 0.25) is 5.91 Å². The van der Waals surface area contributed by atoms with Gasteiger partial charge in [-0.25, -0.2) is 4.39 Å². The lowest BCUT2D eigenvalue weighted by Gasteiger charge is -2.21. The van der Waals surface area contributed by atoms with Crippen molar-refractivity contribution < 1.29 is 9.18 Å². The first-order chi connectivity index (χ1) is 12.5. The van der Waals surface area contributed by atoms with E-state index in [1.807, 2.05) is 24.1 Å². The normalized spacial score (nSPS) is 16.8. The molecule has 7 nitrogen and oxygen atoms in total. The number of nitrogens with zero attached hydrogens (tertiary/aromatic N) is 4. The third-order valence-corrected chi connectivity index (χ3v) is 4.43. The molecule has 1 atom stereocenters. The summed E-state index contributed by atoms with van der Waals surface area (Å²) < 4.78 is 14.7. The summed E-state index contributed by atoms with van der Waals surface area (Å²) in [5.74, 6) is 0.570. The van der Waals surface area contributed by atoms with Crippen LogP contribution in [0.3, 0.4) is 0 Å². The van der Waals surface area contributed by atoms with Crippen molar-refractivity contribution >= 4 is 41.5 Å². The molecular formula is C18H24FIN6O. The minimum atomic E-state index is -0.335. The Morgan fingerprint density at radius 1 is 1.37 bits per heavy atom. The molecule has 3 rings (SSSR count). The third kappa shape index (κ3) is 5.65. The van der Waals surface area contributed by atoms with Crippen LogP contribution in [0.2, 0.25) is 0 Å². The number of benzene rings is 1. The van der Waals surface area contributed by atoms with Crippen molar-refractivity contribution in [1.29, 1.82) is 0 Å². The second kappa shape index (κ2) is 9.67. The molecule has 1 fully saturated rings. The molecule has 1 unspecified atom stereocenters. The minimum Gasteiger partial charge on any atom is -0.347 e. The molecule has 2 aromatic rings. The van der Waals surface area contributed by atoms with Gasteiger partial charge in [-0.1, -0.05) is 0 Å². The van der Waals surface area contributed by atoms with Crippen LogP contribution < -0.4 is 10.6 Å². The molecule has 0 bridgehead atoms. The maximum atomic E-state index is 12.9. The summed E-state index contributed by atoms with van der Waals surface area (Å²) in [6.45, 7) is 1.81. The van der Waals surface area contributed by atoms with E-state index in [9.17, 15) is 9.18 Å². The van der Waals surface area contributed by atoms with Crippen molar-refractivity contribution in [2.75, 3.05) is 32.0 Å². The molecule has 1 aliphatic heterocycles. The lowest BCUT2D eigenvalue weighted by atomic mass is 10.0. The Bertz CT molecular complexity index is 791. The maximum Gasteiger partial charge on any atom is 0.243 e. The Hall–Kier alpha value is -2.17. The summed E-state index contributed by atoms with van der Waals surface area (Å²) in [7, 11) is 3.62. The first-order valence-corrected chi connectivity index (χ1v) is 8.54. The number of carbonyl (C=O) groups is 1. The fraction of sp³-hybridized carbons (Fsp3) is 0.389. The number of amides is 1. The molecule has 1 aliphatic rings. The predicted molar refractivity (Wildman–Crippen MR) is 114 cm³/mol. The molecule has 0 aliphatic carbocycles. The van der Waals surface area contributed by atoms with Crippen molar-refractivity contribution in [1.82, 2.24) is 20.0 Å². The van der Waals surface area contributed by atoms with Gasteiger partial charge in [-0.05, 0) is 36.2 Å². The highest BCUT2D eigenvalue weighted by Crippen LogP contribution is 2.26. The van der Waals surface area contributed by atoms with Gasteiger partial charge >= 0.3 is 0 Å². The van der Waals surface area contributed by atoms with Gasteiger partial charge in [0, 0.05) is 45.0 Å². The fourth-order valence-corrected chi connectivity index (χ4v) is 3.11. The number of hydrogen-bond donors (Lipinski definition) is 2. The van der Waals surface area contributed by atoms with E-state index in [0.717, 1.165) is 19.5 Å². The number of aryl methyl sites for hydroxylation is 1. The highest BCUT2D eigenvalue weighted by atomic mass is 127. The molecule has 2 N–H and O–H groups in total. The Kier molecular flexibility index (Phi) is 7.57. The van der Waals surface area contributed by atoms with Gasteiger partial charge in [0.25, 0.3) is 0 Å². The molecule has 1 aromatic heterocycles. The average Bonchev–Trinajstić information content (AvgIpc) is 3.27. The number of rotatable bonds is 4. The average molecular weight is 486 g/mol. The van der Waals surface area contributed by atoms with E-state index in [1.54, 1.807) is 7.05 Å². The van der Waals surface area contributed by atoms with E-state index in [-0.39, 0.29) is 42.2 Å². The van der Waals surface area contributed by atoms with E-state index in [4.69, 9.17) is 0 Å². The van der Waals surface area contributed by atoms with Crippen LogP contribution in [0.4, 0.5) is 10.1 Å². The Balaban J connectivity index is 0.00000261. The Labute approximate surface area is 175 Å². The molecule has 0 saturated carbocycles. The molecule has 0 radical (unpaired) electrons. The monoisotopic (exact) mass is 486 g/mol. The number of carbonyl (C=O) groups excluding carboxylic acids is 1. The van der Waals surface area contributed by atoms with Crippen LogP contribution in [-0.4, -0.2) is 53.2 Å². The lowest BCUT2D eigenvalue weighted by molar-refractivity contribution is -0.115. The second-order valence-corrected chi connectivity index (χ2v) is 6.33. The van der Waals surface area contributed by atoms with Gasteiger partial charge in [-0.3, -0.25) is 14.5 Å². The Morgan fingerprint density at radius 2 is 2.11 bits per heavy atom. The van der Waals surface area contributed by atoms with Crippen LogP contribution in [-0.2, 0) is 11.8 Å². The first kappa shape index (κ1) is 21.1.